The first-order valence-electron chi connectivity index (χ1n) is 20.4. The lowest BCUT2D eigenvalue weighted by atomic mass is 9.82. The normalized spacial score (nSPS) is 12.7. The molecule has 0 saturated heterocycles. The Morgan fingerprint density at radius 3 is 1.44 bits per heavy atom. The van der Waals surface area contributed by atoms with Crippen LogP contribution in [0.3, 0.4) is 0 Å². The van der Waals surface area contributed by atoms with Crippen molar-refractivity contribution in [3.63, 3.8) is 0 Å². The molecule has 0 saturated carbocycles. The fourth-order valence-electron chi connectivity index (χ4n) is 9.18. The van der Waals surface area contributed by atoms with Gasteiger partial charge in [-0.2, -0.15) is 0 Å². The number of nitrogens with zero attached hydrogens (tertiary/aromatic N) is 1. The Bertz CT molecular complexity index is 3100. The van der Waals surface area contributed by atoms with Gasteiger partial charge in [0, 0.05) is 42.6 Å². The van der Waals surface area contributed by atoms with Crippen LogP contribution in [0.25, 0.3) is 75.8 Å². The molecule has 0 fully saturated rings. The Balaban J connectivity index is 1.01. The zero-order valence-corrected chi connectivity index (χ0v) is 33.9. The molecular formula is C57H41NS. The van der Waals surface area contributed by atoms with Crippen LogP contribution in [0, 0.1) is 0 Å². The molecule has 1 heterocycles. The molecule has 0 spiro atoms. The van der Waals surface area contributed by atoms with Crippen LogP contribution in [0.4, 0.5) is 17.1 Å². The second kappa shape index (κ2) is 14.1. The number of rotatable bonds is 7. The maximum Gasteiger partial charge on any atom is 0.0465 e. The van der Waals surface area contributed by atoms with E-state index >= 15 is 0 Å². The summed E-state index contributed by atoms with van der Waals surface area (Å²) in [6.07, 6.45) is 0. The third-order valence-corrected chi connectivity index (χ3v) is 13.4. The highest BCUT2D eigenvalue weighted by Gasteiger charge is 2.35. The average Bonchev–Trinajstić information content (AvgIpc) is 3.78. The molecule has 2 heteroatoms. The highest BCUT2D eigenvalue weighted by molar-refractivity contribution is 7.25. The summed E-state index contributed by atoms with van der Waals surface area (Å²) in [5, 5.41) is 2.64. The van der Waals surface area contributed by atoms with Crippen LogP contribution in [0.1, 0.15) is 25.0 Å². The molecule has 1 nitrogen and oxygen atoms in total. The SMILES string of the molecule is CC1(C)c2ccccc2-c2ccc(N(c3ccc(-c4cc(-c5ccccc5)cc(-c5ccccc5)c4)cc3)c3ccc(-c4ccc5sc6ccccc6c5c4)cc3)cc21. The minimum atomic E-state index is -0.105. The zero-order valence-electron chi connectivity index (χ0n) is 33.1. The molecule has 0 amide bonds. The first-order valence-corrected chi connectivity index (χ1v) is 21.2. The van der Waals surface area contributed by atoms with Crippen molar-refractivity contribution in [1.29, 1.82) is 0 Å². The largest absolute Gasteiger partial charge is 0.310 e. The van der Waals surface area contributed by atoms with Crippen LogP contribution in [0.15, 0.2) is 212 Å². The summed E-state index contributed by atoms with van der Waals surface area (Å²) >= 11 is 1.86. The van der Waals surface area contributed by atoms with E-state index < -0.39 is 0 Å². The van der Waals surface area contributed by atoms with E-state index in [1.54, 1.807) is 0 Å². The maximum atomic E-state index is 2.42. The monoisotopic (exact) mass is 771 g/mol. The van der Waals surface area contributed by atoms with Gasteiger partial charge in [-0.3, -0.25) is 0 Å². The van der Waals surface area contributed by atoms with Gasteiger partial charge in [0.05, 0.1) is 0 Å². The number of benzene rings is 9. The number of anilines is 3. The fraction of sp³-hybridized carbons (Fsp3) is 0.0526. The van der Waals surface area contributed by atoms with E-state index in [-0.39, 0.29) is 5.41 Å². The number of thiophene rings is 1. The molecule has 0 bridgehead atoms. The molecule has 59 heavy (non-hydrogen) atoms. The van der Waals surface area contributed by atoms with Gasteiger partial charge in [0.15, 0.2) is 0 Å². The molecule has 0 radical (unpaired) electrons. The van der Waals surface area contributed by atoms with Gasteiger partial charge in [0.2, 0.25) is 0 Å². The summed E-state index contributed by atoms with van der Waals surface area (Å²) in [6.45, 7) is 4.71. The van der Waals surface area contributed by atoms with E-state index in [4.69, 9.17) is 0 Å². The first kappa shape index (κ1) is 35.2. The lowest BCUT2D eigenvalue weighted by molar-refractivity contribution is 0.660. The molecule has 1 aliphatic rings. The van der Waals surface area contributed by atoms with E-state index in [9.17, 15) is 0 Å². The summed E-state index contributed by atoms with van der Waals surface area (Å²) in [6, 6.07) is 78.1. The first-order chi connectivity index (χ1) is 29.0. The predicted octanol–water partition coefficient (Wildman–Crippen LogP) is 16.5. The van der Waals surface area contributed by atoms with Crippen LogP contribution in [0.2, 0.25) is 0 Å². The van der Waals surface area contributed by atoms with Gasteiger partial charge in [-0.15, -0.1) is 11.3 Å². The van der Waals surface area contributed by atoms with Crippen molar-refractivity contribution >= 4 is 48.6 Å². The average molecular weight is 772 g/mol. The summed E-state index contributed by atoms with van der Waals surface area (Å²) in [4.78, 5) is 2.41. The smallest absolute Gasteiger partial charge is 0.0465 e. The zero-order chi connectivity index (χ0) is 39.5. The summed E-state index contributed by atoms with van der Waals surface area (Å²) in [7, 11) is 0. The van der Waals surface area contributed by atoms with E-state index in [2.05, 4.69) is 231 Å². The second-order valence-electron chi connectivity index (χ2n) is 16.2. The molecular weight excluding hydrogens is 731 g/mol. The standard InChI is InChI=1S/C57H41NS/c1-57(2)53-19-11-9-17-49(53)50-31-30-48(37-54(50)57)58(46-26-21-40(22-27-46)42-25-32-56-52(36-42)51-18-10-12-20-55(51)59-56)47-28-23-41(24-29-47)45-34-43(38-13-5-3-6-14-38)33-44(35-45)39-15-7-4-8-16-39/h3-37H,1-2H3. The van der Waals surface area contributed by atoms with E-state index in [0.717, 1.165) is 17.1 Å². The summed E-state index contributed by atoms with van der Waals surface area (Å²) < 4.78 is 2.66. The Hall–Kier alpha value is -7.00. The van der Waals surface area contributed by atoms with Gasteiger partial charge >= 0.3 is 0 Å². The molecule has 0 atom stereocenters. The molecule has 1 aromatic heterocycles. The number of hydrogen-bond acceptors (Lipinski definition) is 2. The Labute approximate surface area is 350 Å². The van der Waals surface area contributed by atoms with Gasteiger partial charge < -0.3 is 4.90 Å². The minimum absolute atomic E-state index is 0.105. The topological polar surface area (TPSA) is 3.24 Å². The van der Waals surface area contributed by atoms with Gasteiger partial charge in [-0.25, -0.2) is 0 Å². The predicted molar refractivity (Wildman–Crippen MR) is 253 cm³/mol. The lowest BCUT2D eigenvalue weighted by Crippen LogP contribution is -2.16. The van der Waals surface area contributed by atoms with Gasteiger partial charge in [-0.1, -0.05) is 153 Å². The van der Waals surface area contributed by atoms with Crippen LogP contribution in [0.5, 0.6) is 0 Å². The molecule has 280 valence electrons. The van der Waals surface area contributed by atoms with Crippen molar-refractivity contribution in [2.45, 2.75) is 19.3 Å². The molecule has 11 rings (SSSR count). The van der Waals surface area contributed by atoms with Crippen LogP contribution < -0.4 is 4.90 Å². The highest BCUT2D eigenvalue weighted by Crippen LogP contribution is 2.51. The quantitative estimate of drug-likeness (QED) is 0.156. The molecule has 0 aliphatic heterocycles. The van der Waals surface area contributed by atoms with Crippen molar-refractivity contribution in [2.24, 2.45) is 0 Å². The van der Waals surface area contributed by atoms with Crippen LogP contribution in [-0.4, -0.2) is 0 Å². The van der Waals surface area contributed by atoms with Crippen LogP contribution >= 0.6 is 11.3 Å². The third-order valence-electron chi connectivity index (χ3n) is 12.3. The molecule has 1 aliphatic carbocycles. The van der Waals surface area contributed by atoms with Gasteiger partial charge in [0.1, 0.15) is 0 Å². The van der Waals surface area contributed by atoms with Crippen molar-refractivity contribution < 1.29 is 0 Å². The lowest BCUT2D eigenvalue weighted by Gasteiger charge is -2.28. The van der Waals surface area contributed by atoms with E-state index in [1.165, 1.54) is 86.9 Å². The van der Waals surface area contributed by atoms with Gasteiger partial charge in [-0.05, 0) is 140 Å². The summed E-state index contributed by atoms with van der Waals surface area (Å²) in [5.74, 6) is 0. The minimum Gasteiger partial charge on any atom is -0.310 e. The van der Waals surface area contributed by atoms with E-state index in [0.29, 0.717) is 0 Å². The summed E-state index contributed by atoms with van der Waals surface area (Å²) in [5.41, 5.74) is 18.3. The second-order valence-corrected chi connectivity index (χ2v) is 17.3. The molecule has 10 aromatic rings. The number of fused-ring (bicyclic) bond motifs is 6. The Kier molecular flexibility index (Phi) is 8.43. The molecule has 0 N–H and O–H groups in total. The van der Waals surface area contributed by atoms with Crippen molar-refractivity contribution in [2.75, 3.05) is 4.90 Å². The van der Waals surface area contributed by atoms with Crippen LogP contribution in [-0.2, 0) is 5.41 Å². The Morgan fingerprint density at radius 2 is 0.797 bits per heavy atom. The van der Waals surface area contributed by atoms with Crippen molar-refractivity contribution in [3.05, 3.63) is 223 Å². The third kappa shape index (κ3) is 6.16. The molecule has 0 unspecified atom stereocenters. The van der Waals surface area contributed by atoms with Crippen molar-refractivity contribution in [3.8, 4) is 55.6 Å². The fourth-order valence-corrected chi connectivity index (χ4v) is 10.3. The highest BCUT2D eigenvalue weighted by atomic mass is 32.1. The Morgan fingerprint density at radius 1 is 0.322 bits per heavy atom. The van der Waals surface area contributed by atoms with E-state index in [1.807, 2.05) is 11.3 Å². The van der Waals surface area contributed by atoms with Crippen molar-refractivity contribution in [1.82, 2.24) is 0 Å². The maximum absolute atomic E-state index is 2.42. The van der Waals surface area contributed by atoms with Gasteiger partial charge in [0.25, 0.3) is 0 Å². The molecule has 9 aromatic carbocycles. The number of hydrogen-bond donors (Lipinski definition) is 0.